The first-order chi connectivity index (χ1) is 7.04. The Labute approximate surface area is 93.6 Å². The van der Waals surface area contributed by atoms with Crippen LogP contribution < -0.4 is 0 Å². The van der Waals surface area contributed by atoms with Crippen molar-refractivity contribution in [3.05, 3.63) is 6.92 Å². The fourth-order valence-electron chi connectivity index (χ4n) is 3.96. The predicted octanol–water partition coefficient (Wildman–Crippen LogP) is 3.78. The van der Waals surface area contributed by atoms with E-state index in [9.17, 15) is 4.79 Å². The average Bonchev–Trinajstić information content (AvgIpc) is 2.52. The zero-order chi connectivity index (χ0) is 11.1. The van der Waals surface area contributed by atoms with E-state index in [1.54, 1.807) is 0 Å². The number of unbranched alkanes of at least 4 members (excludes halogenated alkanes) is 2. The van der Waals surface area contributed by atoms with E-state index in [0.717, 1.165) is 25.7 Å². The number of carbonyl (C=O) groups is 1. The Hall–Kier alpha value is -0.330. The van der Waals surface area contributed by atoms with E-state index in [1.807, 2.05) is 0 Å². The third kappa shape index (κ3) is 1.38. The number of hydrogen-bond acceptors (Lipinski definition) is 1. The van der Waals surface area contributed by atoms with E-state index in [2.05, 4.69) is 20.8 Å². The molecule has 2 aliphatic rings. The summed E-state index contributed by atoms with van der Waals surface area (Å²) >= 11 is 0. The first-order valence-corrected chi connectivity index (χ1v) is 6.37. The monoisotopic (exact) mass is 207 g/mol. The molecule has 0 aromatic heterocycles. The Balaban J connectivity index is 2.13. The summed E-state index contributed by atoms with van der Waals surface area (Å²) in [5, 5.41) is 0. The Morgan fingerprint density at radius 1 is 1.40 bits per heavy atom. The lowest BCUT2D eigenvalue weighted by Crippen LogP contribution is -2.35. The Kier molecular flexibility index (Phi) is 2.68. The van der Waals surface area contributed by atoms with Crippen molar-refractivity contribution in [1.29, 1.82) is 0 Å². The van der Waals surface area contributed by atoms with Gasteiger partial charge in [0.1, 0.15) is 5.78 Å². The highest BCUT2D eigenvalue weighted by Gasteiger charge is 2.63. The van der Waals surface area contributed by atoms with Crippen LogP contribution in [0.15, 0.2) is 0 Å². The van der Waals surface area contributed by atoms with Crippen molar-refractivity contribution in [3.8, 4) is 0 Å². The third-order valence-electron chi connectivity index (χ3n) is 5.24. The van der Waals surface area contributed by atoms with Crippen molar-refractivity contribution < 1.29 is 4.79 Å². The van der Waals surface area contributed by atoms with E-state index < -0.39 is 0 Å². The van der Waals surface area contributed by atoms with Gasteiger partial charge >= 0.3 is 0 Å². The zero-order valence-corrected chi connectivity index (χ0v) is 10.1. The second-order valence-electron chi connectivity index (χ2n) is 5.98. The Bertz CT molecular complexity index is 267. The van der Waals surface area contributed by atoms with Gasteiger partial charge in [-0.3, -0.25) is 4.79 Å². The number of carbonyl (C=O) groups excluding carboxylic acids is 1. The first-order valence-electron chi connectivity index (χ1n) is 6.37. The molecular weight excluding hydrogens is 184 g/mol. The standard InChI is InChI=1S/C14H23O/c1-4-5-6-8-14-9-7-11(10-12(14)15)13(14,2)3/h11H,1,4-10H2,2-3H3. The molecule has 2 fully saturated rings. The topological polar surface area (TPSA) is 17.1 Å². The smallest absolute Gasteiger partial charge is 0.139 e. The Morgan fingerprint density at radius 3 is 2.60 bits per heavy atom. The summed E-state index contributed by atoms with van der Waals surface area (Å²) in [6.45, 7) is 8.52. The summed E-state index contributed by atoms with van der Waals surface area (Å²) in [7, 11) is 0. The largest absolute Gasteiger partial charge is 0.299 e. The summed E-state index contributed by atoms with van der Waals surface area (Å²) in [5.74, 6) is 1.23. The molecule has 15 heavy (non-hydrogen) atoms. The highest BCUT2D eigenvalue weighted by Crippen LogP contribution is 2.65. The lowest BCUT2D eigenvalue weighted by atomic mass is 9.66. The summed E-state index contributed by atoms with van der Waals surface area (Å²) < 4.78 is 0. The van der Waals surface area contributed by atoms with Gasteiger partial charge in [0.2, 0.25) is 0 Å². The van der Waals surface area contributed by atoms with Gasteiger partial charge in [-0.05, 0) is 30.6 Å². The van der Waals surface area contributed by atoms with Crippen LogP contribution in [-0.4, -0.2) is 5.78 Å². The predicted molar refractivity (Wildman–Crippen MR) is 62.4 cm³/mol. The average molecular weight is 207 g/mol. The highest BCUT2D eigenvalue weighted by atomic mass is 16.1. The number of rotatable bonds is 4. The molecule has 2 unspecified atom stereocenters. The molecule has 1 radical (unpaired) electrons. The lowest BCUT2D eigenvalue weighted by Gasteiger charge is -2.36. The summed E-state index contributed by atoms with van der Waals surface area (Å²) in [5.41, 5.74) is 0.318. The maximum atomic E-state index is 12.2. The molecule has 0 N–H and O–H groups in total. The molecule has 2 saturated carbocycles. The summed E-state index contributed by atoms with van der Waals surface area (Å²) in [6.07, 6.45) is 7.78. The molecule has 1 nitrogen and oxygen atoms in total. The van der Waals surface area contributed by atoms with Crippen LogP contribution in [0.5, 0.6) is 0 Å². The fraction of sp³-hybridized carbons (Fsp3) is 0.857. The SMILES string of the molecule is [CH2]CCCCC12CCC(CC1=O)C2(C)C. The van der Waals surface area contributed by atoms with Crippen LogP contribution in [0.4, 0.5) is 0 Å². The van der Waals surface area contributed by atoms with Gasteiger partial charge in [-0.2, -0.15) is 0 Å². The molecular formula is C14H23O. The van der Waals surface area contributed by atoms with Crippen molar-refractivity contribution in [1.82, 2.24) is 0 Å². The number of Topliss-reactive ketones (excluding diaryl/α,β-unsaturated/α-hetero) is 1. The molecule has 2 rings (SSSR count). The quantitative estimate of drug-likeness (QED) is 0.641. The molecule has 85 valence electrons. The van der Waals surface area contributed by atoms with Crippen LogP contribution in [0, 0.1) is 23.7 Å². The number of hydrogen-bond donors (Lipinski definition) is 0. The third-order valence-corrected chi connectivity index (χ3v) is 5.24. The highest BCUT2D eigenvalue weighted by molar-refractivity contribution is 5.89. The minimum atomic E-state index is 0.0484. The molecule has 0 spiro atoms. The second-order valence-corrected chi connectivity index (χ2v) is 5.98. The molecule has 2 atom stereocenters. The molecule has 2 aliphatic carbocycles. The molecule has 0 saturated heterocycles. The fourth-order valence-corrected chi connectivity index (χ4v) is 3.96. The van der Waals surface area contributed by atoms with E-state index in [1.165, 1.54) is 19.3 Å². The van der Waals surface area contributed by atoms with Gasteiger partial charge in [-0.15, -0.1) is 0 Å². The molecule has 1 heteroatoms. The van der Waals surface area contributed by atoms with E-state index in [-0.39, 0.29) is 10.8 Å². The number of fused-ring (bicyclic) bond motifs is 2. The molecule has 0 heterocycles. The summed E-state index contributed by atoms with van der Waals surface area (Å²) in [6, 6.07) is 0. The molecule has 0 amide bonds. The van der Waals surface area contributed by atoms with Gasteiger partial charge < -0.3 is 0 Å². The summed E-state index contributed by atoms with van der Waals surface area (Å²) in [4.78, 5) is 12.2. The van der Waals surface area contributed by atoms with Gasteiger partial charge in [0.25, 0.3) is 0 Å². The molecule has 2 bridgehead atoms. The van der Waals surface area contributed by atoms with Crippen molar-refractivity contribution in [2.24, 2.45) is 16.7 Å². The van der Waals surface area contributed by atoms with Crippen LogP contribution in [0.3, 0.4) is 0 Å². The van der Waals surface area contributed by atoms with Crippen LogP contribution in [0.25, 0.3) is 0 Å². The minimum Gasteiger partial charge on any atom is -0.299 e. The van der Waals surface area contributed by atoms with Crippen molar-refractivity contribution >= 4 is 5.78 Å². The molecule has 0 aliphatic heterocycles. The first kappa shape index (κ1) is 11.2. The normalized spacial score (nSPS) is 37.5. The van der Waals surface area contributed by atoms with Gasteiger partial charge in [-0.25, -0.2) is 0 Å². The maximum absolute atomic E-state index is 12.2. The zero-order valence-electron chi connectivity index (χ0n) is 10.1. The van der Waals surface area contributed by atoms with Gasteiger partial charge in [0.15, 0.2) is 0 Å². The van der Waals surface area contributed by atoms with Crippen LogP contribution in [0.1, 0.15) is 58.8 Å². The Morgan fingerprint density at radius 2 is 2.13 bits per heavy atom. The van der Waals surface area contributed by atoms with Gasteiger partial charge in [-0.1, -0.05) is 40.0 Å². The number of ketones is 1. The van der Waals surface area contributed by atoms with Crippen molar-refractivity contribution in [3.63, 3.8) is 0 Å². The molecule has 0 aromatic rings. The van der Waals surface area contributed by atoms with Crippen molar-refractivity contribution in [2.75, 3.05) is 0 Å². The minimum absolute atomic E-state index is 0.0484. The van der Waals surface area contributed by atoms with E-state index in [0.29, 0.717) is 11.7 Å². The van der Waals surface area contributed by atoms with Crippen LogP contribution in [0.2, 0.25) is 0 Å². The van der Waals surface area contributed by atoms with Crippen molar-refractivity contribution in [2.45, 2.75) is 58.8 Å². The second kappa shape index (κ2) is 3.61. The van der Waals surface area contributed by atoms with E-state index in [4.69, 9.17) is 0 Å². The molecule has 0 aromatic carbocycles. The van der Waals surface area contributed by atoms with Crippen LogP contribution >= 0.6 is 0 Å². The maximum Gasteiger partial charge on any atom is 0.139 e. The van der Waals surface area contributed by atoms with Gasteiger partial charge in [0.05, 0.1) is 0 Å². The van der Waals surface area contributed by atoms with E-state index >= 15 is 0 Å². The lowest BCUT2D eigenvalue weighted by molar-refractivity contribution is -0.130. The van der Waals surface area contributed by atoms with Gasteiger partial charge in [0, 0.05) is 11.8 Å². The van der Waals surface area contributed by atoms with Crippen LogP contribution in [-0.2, 0) is 4.79 Å².